The van der Waals surface area contributed by atoms with E-state index >= 15 is 0 Å². The number of likely N-dealkylation sites (N-methyl/N-ethyl adjacent to an activating group) is 1. The topological polar surface area (TPSA) is 95.9 Å². The molecule has 4 rings (SSSR count). The first-order chi connectivity index (χ1) is 16.4. The van der Waals surface area contributed by atoms with Crippen molar-refractivity contribution in [3.63, 3.8) is 0 Å². The van der Waals surface area contributed by atoms with Gasteiger partial charge < -0.3 is 14.7 Å². The SMILES string of the molecule is CCN(CC(=O)O)C(=O)c1cc(I)cc(NC(=O)OCC2c3ccccc3-c3ccccc32)c1. The molecule has 0 saturated carbocycles. The van der Waals surface area contributed by atoms with Gasteiger partial charge in [-0.2, -0.15) is 0 Å². The first-order valence-electron chi connectivity index (χ1n) is 10.8. The Balaban J connectivity index is 1.46. The number of aliphatic carboxylic acids is 1. The Morgan fingerprint density at radius 2 is 1.62 bits per heavy atom. The fourth-order valence-corrected chi connectivity index (χ4v) is 4.88. The maximum Gasteiger partial charge on any atom is 0.411 e. The predicted molar refractivity (Wildman–Crippen MR) is 137 cm³/mol. The highest BCUT2D eigenvalue weighted by Gasteiger charge is 2.29. The Bertz CT molecular complexity index is 1210. The van der Waals surface area contributed by atoms with Crippen LogP contribution < -0.4 is 5.32 Å². The summed E-state index contributed by atoms with van der Waals surface area (Å²) in [5, 5.41) is 11.7. The summed E-state index contributed by atoms with van der Waals surface area (Å²) in [5.74, 6) is -1.56. The van der Waals surface area contributed by atoms with Crippen molar-refractivity contribution in [1.82, 2.24) is 4.90 Å². The monoisotopic (exact) mass is 570 g/mol. The van der Waals surface area contributed by atoms with Crippen LogP contribution in [0.4, 0.5) is 10.5 Å². The van der Waals surface area contributed by atoms with Crippen molar-refractivity contribution in [1.29, 1.82) is 0 Å². The molecule has 1 aliphatic rings. The minimum Gasteiger partial charge on any atom is -0.480 e. The number of carboxylic acid groups (broad SMARTS) is 1. The number of fused-ring (bicyclic) bond motifs is 3. The van der Waals surface area contributed by atoms with Crippen molar-refractivity contribution in [3.8, 4) is 11.1 Å². The molecule has 8 heteroatoms. The summed E-state index contributed by atoms with van der Waals surface area (Å²) in [7, 11) is 0. The van der Waals surface area contributed by atoms with Crippen LogP contribution in [0.3, 0.4) is 0 Å². The van der Waals surface area contributed by atoms with Gasteiger partial charge in [0.2, 0.25) is 0 Å². The van der Waals surface area contributed by atoms with E-state index in [-0.39, 0.29) is 19.1 Å². The number of carbonyl (C=O) groups is 3. The Labute approximate surface area is 210 Å². The Morgan fingerprint density at radius 1 is 1.00 bits per heavy atom. The van der Waals surface area contributed by atoms with Crippen molar-refractivity contribution in [2.45, 2.75) is 12.8 Å². The molecule has 0 spiro atoms. The zero-order chi connectivity index (χ0) is 24.2. The van der Waals surface area contributed by atoms with Crippen LogP contribution in [0.15, 0.2) is 66.7 Å². The Kier molecular flexibility index (Phi) is 7.16. The highest BCUT2D eigenvalue weighted by Crippen LogP contribution is 2.44. The normalized spacial score (nSPS) is 11.9. The van der Waals surface area contributed by atoms with Gasteiger partial charge in [-0.15, -0.1) is 0 Å². The zero-order valence-corrected chi connectivity index (χ0v) is 20.6. The molecule has 0 aromatic heterocycles. The molecule has 2 N–H and O–H groups in total. The second-order valence-electron chi connectivity index (χ2n) is 7.89. The number of amides is 2. The number of nitrogens with one attached hydrogen (secondary N) is 1. The highest BCUT2D eigenvalue weighted by atomic mass is 127. The summed E-state index contributed by atoms with van der Waals surface area (Å²) >= 11 is 2.05. The lowest BCUT2D eigenvalue weighted by atomic mass is 9.98. The lowest BCUT2D eigenvalue weighted by molar-refractivity contribution is -0.137. The minimum atomic E-state index is -1.09. The third-order valence-corrected chi connectivity index (χ3v) is 6.35. The van der Waals surface area contributed by atoms with Crippen LogP contribution in [0.1, 0.15) is 34.3 Å². The number of hydrogen-bond donors (Lipinski definition) is 2. The molecule has 3 aromatic rings. The van der Waals surface area contributed by atoms with Crippen LogP contribution >= 0.6 is 22.6 Å². The van der Waals surface area contributed by atoms with E-state index in [0.29, 0.717) is 11.3 Å². The number of carboxylic acids is 1. The van der Waals surface area contributed by atoms with E-state index in [2.05, 4.69) is 29.6 Å². The maximum atomic E-state index is 12.8. The first-order valence-corrected chi connectivity index (χ1v) is 11.9. The minimum absolute atomic E-state index is 0.0553. The first kappa shape index (κ1) is 23.7. The summed E-state index contributed by atoms with van der Waals surface area (Å²) in [6, 6.07) is 21.1. The molecule has 1 aliphatic carbocycles. The van der Waals surface area contributed by atoms with Crippen LogP contribution in [0.25, 0.3) is 11.1 Å². The van der Waals surface area contributed by atoms with Gasteiger partial charge in [0.15, 0.2) is 0 Å². The molecule has 0 unspecified atom stereocenters. The molecular formula is C26H23IN2O5. The fourth-order valence-electron chi connectivity index (χ4n) is 4.21. The van der Waals surface area contributed by atoms with Gasteiger partial charge in [0.1, 0.15) is 13.2 Å². The molecule has 0 fully saturated rings. The summed E-state index contributed by atoms with van der Waals surface area (Å²) < 4.78 is 6.31. The number of nitrogens with zero attached hydrogens (tertiary/aromatic N) is 1. The summed E-state index contributed by atoms with van der Waals surface area (Å²) in [6.45, 7) is 1.75. The standard InChI is InChI=1S/C26H23IN2O5/c1-2-29(14-24(30)31)25(32)16-11-17(27)13-18(12-16)28-26(33)34-15-23-21-9-5-3-7-19(21)20-8-4-6-10-22(20)23/h3-13,23H,2,14-15H2,1H3,(H,28,33)(H,30,31). The molecule has 3 aromatic carbocycles. The Hall–Kier alpha value is -3.40. The molecule has 7 nitrogen and oxygen atoms in total. The van der Waals surface area contributed by atoms with Gasteiger partial charge in [-0.25, -0.2) is 4.79 Å². The number of ether oxygens (including phenoxy) is 1. The van der Waals surface area contributed by atoms with E-state index in [1.165, 1.54) is 11.0 Å². The lowest BCUT2D eigenvalue weighted by Crippen LogP contribution is -2.35. The van der Waals surface area contributed by atoms with E-state index in [0.717, 1.165) is 25.8 Å². The number of hydrogen-bond acceptors (Lipinski definition) is 4. The number of carbonyl (C=O) groups excluding carboxylic acids is 2. The van der Waals surface area contributed by atoms with Gasteiger partial charge in [0, 0.05) is 27.3 Å². The summed E-state index contributed by atoms with van der Waals surface area (Å²) in [4.78, 5) is 37.6. The number of benzene rings is 3. The molecule has 0 saturated heterocycles. The van der Waals surface area contributed by atoms with E-state index in [4.69, 9.17) is 9.84 Å². The van der Waals surface area contributed by atoms with Crippen molar-refractivity contribution in [2.75, 3.05) is 25.0 Å². The fraction of sp³-hybridized carbons (Fsp3) is 0.192. The molecule has 0 atom stereocenters. The van der Waals surface area contributed by atoms with Crippen molar-refractivity contribution < 1.29 is 24.2 Å². The zero-order valence-electron chi connectivity index (χ0n) is 18.5. The molecule has 0 bridgehead atoms. The average molecular weight is 570 g/mol. The molecular weight excluding hydrogens is 547 g/mol. The predicted octanol–water partition coefficient (Wildman–Crippen LogP) is 5.20. The van der Waals surface area contributed by atoms with Crippen LogP contribution in [-0.2, 0) is 9.53 Å². The van der Waals surface area contributed by atoms with E-state index in [1.54, 1.807) is 19.1 Å². The van der Waals surface area contributed by atoms with Gasteiger partial charge in [-0.3, -0.25) is 14.9 Å². The Morgan fingerprint density at radius 3 is 2.21 bits per heavy atom. The molecule has 0 radical (unpaired) electrons. The third kappa shape index (κ3) is 5.06. The van der Waals surface area contributed by atoms with E-state index in [1.807, 2.05) is 46.9 Å². The molecule has 2 amide bonds. The lowest BCUT2D eigenvalue weighted by Gasteiger charge is -2.19. The van der Waals surface area contributed by atoms with Gasteiger partial charge >= 0.3 is 12.1 Å². The third-order valence-electron chi connectivity index (χ3n) is 5.73. The maximum absolute atomic E-state index is 12.8. The van der Waals surface area contributed by atoms with E-state index in [9.17, 15) is 14.4 Å². The van der Waals surface area contributed by atoms with Gasteiger partial charge in [-0.05, 0) is 70.0 Å². The van der Waals surface area contributed by atoms with Crippen LogP contribution in [0.5, 0.6) is 0 Å². The molecule has 0 aliphatic heterocycles. The molecule has 34 heavy (non-hydrogen) atoms. The summed E-state index contributed by atoms with van der Waals surface area (Å²) in [6.07, 6.45) is -0.625. The van der Waals surface area contributed by atoms with Crippen molar-refractivity contribution in [2.24, 2.45) is 0 Å². The largest absolute Gasteiger partial charge is 0.480 e. The summed E-state index contributed by atoms with van der Waals surface area (Å²) in [5.41, 5.74) is 5.24. The molecule has 0 heterocycles. The second-order valence-corrected chi connectivity index (χ2v) is 9.14. The van der Waals surface area contributed by atoms with Crippen molar-refractivity contribution >= 4 is 46.2 Å². The van der Waals surface area contributed by atoms with Gasteiger partial charge in [-0.1, -0.05) is 48.5 Å². The average Bonchev–Trinajstić information content (AvgIpc) is 3.14. The van der Waals surface area contributed by atoms with Gasteiger partial charge in [0.05, 0.1) is 0 Å². The van der Waals surface area contributed by atoms with Crippen LogP contribution in [0.2, 0.25) is 0 Å². The quantitative estimate of drug-likeness (QED) is 0.381. The number of rotatable bonds is 7. The number of anilines is 1. The highest BCUT2D eigenvalue weighted by molar-refractivity contribution is 14.1. The second kappa shape index (κ2) is 10.3. The van der Waals surface area contributed by atoms with Crippen LogP contribution in [-0.4, -0.2) is 47.7 Å². The van der Waals surface area contributed by atoms with Crippen LogP contribution in [0, 0.1) is 3.57 Å². The number of halogens is 1. The molecule has 174 valence electrons. The van der Waals surface area contributed by atoms with E-state index < -0.39 is 24.5 Å². The van der Waals surface area contributed by atoms with Gasteiger partial charge in [0.25, 0.3) is 5.91 Å². The smallest absolute Gasteiger partial charge is 0.411 e. The van der Waals surface area contributed by atoms with Crippen molar-refractivity contribution in [3.05, 3.63) is 87.0 Å².